The van der Waals surface area contributed by atoms with E-state index >= 15 is 0 Å². The van der Waals surface area contributed by atoms with Crippen LogP contribution in [0.4, 0.5) is 0 Å². The molecule has 2 N–H and O–H groups in total. The van der Waals surface area contributed by atoms with Crippen LogP contribution in [-0.2, 0) is 14.3 Å². The van der Waals surface area contributed by atoms with Crippen LogP contribution < -0.4 is 10.6 Å². The Balaban J connectivity index is 1.76. The van der Waals surface area contributed by atoms with Crippen LogP contribution in [0, 0.1) is 12.8 Å². The highest BCUT2D eigenvalue weighted by Gasteiger charge is 2.34. The number of ether oxygens (including phenoxy) is 1. The van der Waals surface area contributed by atoms with E-state index in [1.807, 2.05) is 39.0 Å². The smallest absolute Gasteiger partial charge is 0.330 e. The fourth-order valence-corrected chi connectivity index (χ4v) is 3.14. The number of carbonyl (C=O) groups is 3. The summed E-state index contributed by atoms with van der Waals surface area (Å²) in [7, 11) is 0. The Bertz CT molecular complexity index is 906. The van der Waals surface area contributed by atoms with Gasteiger partial charge in [-0.05, 0) is 37.3 Å². The normalized spacial score (nSPS) is 15.2. The second-order valence-corrected chi connectivity index (χ2v) is 8.02. The summed E-state index contributed by atoms with van der Waals surface area (Å²) in [5.41, 5.74) is 1.91. The maximum absolute atomic E-state index is 13.0. The molecule has 158 valence electrons. The summed E-state index contributed by atoms with van der Waals surface area (Å²) in [6.07, 6.45) is 0.806. The maximum Gasteiger partial charge on any atom is 0.330 e. The number of benzene rings is 2. The maximum atomic E-state index is 13.0. The van der Waals surface area contributed by atoms with E-state index < -0.39 is 18.1 Å². The summed E-state index contributed by atoms with van der Waals surface area (Å²) in [4.78, 5) is 38.5. The van der Waals surface area contributed by atoms with E-state index in [4.69, 9.17) is 4.74 Å². The number of aryl methyl sites for hydroxylation is 1. The van der Waals surface area contributed by atoms with Crippen molar-refractivity contribution >= 4 is 17.8 Å². The Kier molecular flexibility index (Phi) is 6.87. The van der Waals surface area contributed by atoms with E-state index in [1.54, 1.807) is 36.4 Å². The van der Waals surface area contributed by atoms with Gasteiger partial charge in [-0.3, -0.25) is 9.59 Å². The monoisotopic (exact) mass is 408 g/mol. The summed E-state index contributed by atoms with van der Waals surface area (Å²) in [5.74, 6) is -1.53. The molecule has 2 amide bonds. The predicted octanol–water partition coefficient (Wildman–Crippen LogP) is 3.31. The molecule has 0 unspecified atom stereocenters. The molecule has 1 saturated carbocycles. The first-order valence-electron chi connectivity index (χ1n) is 10.3. The van der Waals surface area contributed by atoms with Crippen LogP contribution in [0.3, 0.4) is 0 Å². The molecule has 30 heavy (non-hydrogen) atoms. The molecule has 0 bridgehead atoms. The molecule has 6 nitrogen and oxygen atoms in total. The number of esters is 1. The Labute approximate surface area is 177 Å². The topological polar surface area (TPSA) is 84.5 Å². The van der Waals surface area contributed by atoms with Crippen LogP contribution in [0.15, 0.2) is 54.6 Å². The Morgan fingerprint density at radius 2 is 1.60 bits per heavy atom. The highest BCUT2D eigenvalue weighted by molar-refractivity contribution is 5.98. The third-order valence-corrected chi connectivity index (χ3v) is 5.10. The lowest BCUT2D eigenvalue weighted by Gasteiger charge is -2.25. The van der Waals surface area contributed by atoms with Crippen LogP contribution in [-0.4, -0.2) is 29.9 Å². The van der Waals surface area contributed by atoms with Crippen molar-refractivity contribution in [2.75, 3.05) is 0 Å². The van der Waals surface area contributed by atoms with Crippen molar-refractivity contribution in [2.24, 2.45) is 5.92 Å². The van der Waals surface area contributed by atoms with Gasteiger partial charge in [0, 0.05) is 17.2 Å². The molecule has 0 heterocycles. The van der Waals surface area contributed by atoms with Crippen molar-refractivity contribution in [3.8, 4) is 0 Å². The van der Waals surface area contributed by atoms with Crippen LogP contribution in [0.5, 0.6) is 0 Å². The van der Waals surface area contributed by atoms with Gasteiger partial charge in [0.15, 0.2) is 0 Å². The number of hydrogen-bond donors (Lipinski definition) is 2. The first-order chi connectivity index (χ1) is 14.4. The van der Waals surface area contributed by atoms with Gasteiger partial charge in [0.05, 0.1) is 0 Å². The lowest BCUT2D eigenvalue weighted by atomic mass is 10.0. The molecule has 3 rings (SSSR count). The molecule has 1 aliphatic carbocycles. The zero-order chi connectivity index (χ0) is 21.7. The zero-order valence-electron chi connectivity index (χ0n) is 17.6. The molecule has 2 atom stereocenters. The number of amides is 2. The fraction of sp³-hybridized carbons (Fsp3) is 0.375. The third kappa shape index (κ3) is 5.47. The van der Waals surface area contributed by atoms with E-state index in [0.717, 1.165) is 18.4 Å². The molecule has 0 spiro atoms. The SMILES string of the molecule is Cc1ccccc1C(=O)N[C@H](C(=O)O[C@@H](C(=O)NC1CC1)c1ccccc1)C(C)C. The van der Waals surface area contributed by atoms with E-state index in [0.29, 0.717) is 11.1 Å². The van der Waals surface area contributed by atoms with Gasteiger partial charge in [-0.25, -0.2) is 4.79 Å². The van der Waals surface area contributed by atoms with Crippen molar-refractivity contribution < 1.29 is 19.1 Å². The predicted molar refractivity (Wildman–Crippen MR) is 114 cm³/mol. The number of hydrogen-bond acceptors (Lipinski definition) is 4. The molecule has 6 heteroatoms. The lowest BCUT2D eigenvalue weighted by Crippen LogP contribution is -2.47. The second-order valence-electron chi connectivity index (χ2n) is 8.02. The minimum absolute atomic E-state index is 0.143. The van der Waals surface area contributed by atoms with Crippen molar-refractivity contribution in [3.63, 3.8) is 0 Å². The molecule has 0 aliphatic heterocycles. The van der Waals surface area contributed by atoms with E-state index in [9.17, 15) is 14.4 Å². The van der Waals surface area contributed by atoms with Crippen LogP contribution >= 0.6 is 0 Å². The highest BCUT2D eigenvalue weighted by atomic mass is 16.5. The van der Waals surface area contributed by atoms with Gasteiger partial charge in [0.25, 0.3) is 11.8 Å². The molecule has 1 aliphatic rings. The zero-order valence-corrected chi connectivity index (χ0v) is 17.6. The van der Waals surface area contributed by atoms with Gasteiger partial charge in [-0.1, -0.05) is 62.4 Å². The first kappa shape index (κ1) is 21.6. The molecule has 0 aromatic heterocycles. The van der Waals surface area contributed by atoms with E-state index in [2.05, 4.69) is 10.6 Å². The summed E-state index contributed by atoms with van der Waals surface area (Å²) in [6, 6.07) is 15.4. The van der Waals surface area contributed by atoms with Crippen molar-refractivity contribution in [1.29, 1.82) is 0 Å². The number of carbonyl (C=O) groups excluding carboxylic acids is 3. The van der Waals surface area contributed by atoms with Crippen LogP contribution in [0.1, 0.15) is 54.3 Å². The molecule has 0 saturated heterocycles. The van der Waals surface area contributed by atoms with Gasteiger partial charge < -0.3 is 15.4 Å². The first-order valence-corrected chi connectivity index (χ1v) is 10.3. The van der Waals surface area contributed by atoms with Gasteiger partial charge >= 0.3 is 5.97 Å². The molecule has 1 fully saturated rings. The summed E-state index contributed by atoms with van der Waals surface area (Å²) >= 11 is 0. The summed E-state index contributed by atoms with van der Waals surface area (Å²) in [6.45, 7) is 5.49. The standard InChI is InChI=1S/C24H28N2O4/c1-15(2)20(26-22(27)19-12-8-7-9-16(19)3)24(29)30-21(17-10-5-4-6-11-17)23(28)25-18-13-14-18/h4-12,15,18,20-21H,13-14H2,1-3H3,(H,25,28)(H,26,27)/t20-,21+/m0/s1. The summed E-state index contributed by atoms with van der Waals surface area (Å²) in [5, 5.41) is 5.67. The summed E-state index contributed by atoms with van der Waals surface area (Å²) < 4.78 is 5.65. The average Bonchev–Trinajstić information content (AvgIpc) is 3.54. The van der Waals surface area contributed by atoms with Gasteiger partial charge in [0.2, 0.25) is 6.10 Å². The second kappa shape index (κ2) is 9.57. The molecule has 0 radical (unpaired) electrons. The van der Waals surface area contributed by atoms with Gasteiger partial charge in [0.1, 0.15) is 6.04 Å². The molecular formula is C24H28N2O4. The van der Waals surface area contributed by atoms with Gasteiger partial charge in [-0.15, -0.1) is 0 Å². The van der Waals surface area contributed by atoms with Gasteiger partial charge in [-0.2, -0.15) is 0 Å². The van der Waals surface area contributed by atoms with Crippen LogP contribution in [0.2, 0.25) is 0 Å². The van der Waals surface area contributed by atoms with Crippen molar-refractivity contribution in [2.45, 2.75) is 51.8 Å². The van der Waals surface area contributed by atoms with Crippen LogP contribution in [0.25, 0.3) is 0 Å². The van der Waals surface area contributed by atoms with E-state index in [-0.39, 0.29) is 23.8 Å². The quantitative estimate of drug-likeness (QED) is 0.657. The third-order valence-electron chi connectivity index (χ3n) is 5.10. The Hall–Kier alpha value is -3.15. The molecule has 2 aromatic rings. The lowest BCUT2D eigenvalue weighted by molar-refractivity contribution is -0.159. The minimum Gasteiger partial charge on any atom is -0.446 e. The van der Waals surface area contributed by atoms with Crippen molar-refractivity contribution in [1.82, 2.24) is 10.6 Å². The number of rotatable bonds is 8. The fourth-order valence-electron chi connectivity index (χ4n) is 3.14. The van der Waals surface area contributed by atoms with Crippen molar-refractivity contribution in [3.05, 3.63) is 71.3 Å². The van der Waals surface area contributed by atoms with E-state index in [1.165, 1.54) is 0 Å². The molecular weight excluding hydrogens is 380 g/mol. The molecule has 2 aromatic carbocycles. The average molecular weight is 408 g/mol. The largest absolute Gasteiger partial charge is 0.446 e. The minimum atomic E-state index is -1.06. The Morgan fingerprint density at radius 1 is 0.967 bits per heavy atom. The highest BCUT2D eigenvalue weighted by Crippen LogP contribution is 2.24. The Morgan fingerprint density at radius 3 is 2.20 bits per heavy atom. The number of nitrogens with one attached hydrogen (secondary N) is 2.